The Morgan fingerprint density at radius 1 is 0.629 bits per heavy atom. The first-order valence-corrected chi connectivity index (χ1v) is 22.8. The molecule has 0 aromatic heterocycles. The SMILES string of the molecule is COc1ccc(C(OCC2(C)CN(C(=O)CCCCCCCCC(=O)NCCCCCCCCCCCC(=O)[O-])CC2(C)CO)(c2ccccc2)c2ccc(OC)cc2)cc1.[Li+]. The number of ether oxygens (including phenoxy) is 3. The van der Waals surface area contributed by atoms with Crippen molar-refractivity contribution in [2.75, 3.05) is 47.1 Å². The van der Waals surface area contributed by atoms with Crippen LogP contribution in [-0.2, 0) is 24.7 Å². The third-order valence-corrected chi connectivity index (χ3v) is 12.9. The van der Waals surface area contributed by atoms with E-state index in [1.165, 1.54) is 19.3 Å². The van der Waals surface area contributed by atoms with Gasteiger partial charge in [0.2, 0.25) is 11.8 Å². The van der Waals surface area contributed by atoms with Crippen LogP contribution in [0.25, 0.3) is 0 Å². The number of carbonyl (C=O) groups excluding carboxylic acids is 3. The van der Waals surface area contributed by atoms with Crippen molar-refractivity contribution in [3.8, 4) is 11.5 Å². The number of amides is 2. The summed E-state index contributed by atoms with van der Waals surface area (Å²) in [6.45, 7) is 6.10. The molecule has 0 saturated carbocycles. The molecule has 3 aromatic rings. The van der Waals surface area contributed by atoms with Crippen LogP contribution in [0.2, 0.25) is 0 Å². The van der Waals surface area contributed by atoms with Crippen molar-refractivity contribution >= 4 is 17.8 Å². The summed E-state index contributed by atoms with van der Waals surface area (Å²) >= 11 is 0. The molecular formula is C51H73LiN2O8. The smallest absolute Gasteiger partial charge is 0.550 e. The number of carboxylic acid groups (broad SMARTS) is 1. The van der Waals surface area contributed by atoms with Crippen LogP contribution in [0.3, 0.4) is 0 Å². The van der Waals surface area contributed by atoms with E-state index in [1.807, 2.05) is 71.6 Å². The summed E-state index contributed by atoms with van der Waals surface area (Å²) in [4.78, 5) is 38.4. The van der Waals surface area contributed by atoms with Crippen LogP contribution in [0.5, 0.6) is 11.5 Å². The maximum atomic E-state index is 13.7. The van der Waals surface area contributed by atoms with Gasteiger partial charge in [0.25, 0.3) is 0 Å². The summed E-state index contributed by atoms with van der Waals surface area (Å²) in [6.07, 6.45) is 16.5. The fourth-order valence-corrected chi connectivity index (χ4v) is 8.63. The minimum absolute atomic E-state index is 0. The van der Waals surface area contributed by atoms with Crippen LogP contribution in [0.15, 0.2) is 78.9 Å². The second kappa shape index (κ2) is 27.4. The fraction of sp³-hybridized carbons (Fsp3) is 0.588. The zero-order valence-electron chi connectivity index (χ0n) is 38.5. The minimum atomic E-state index is -1.01. The standard InChI is InChI=1S/C51H74N2O8.Li/c1-49(39-54)37-53(47(56)26-20-13-10-9-12-19-25-46(55)52-36-22-15-11-7-5-6-8-14-21-27-48(57)58)38-50(49,2)40-61-51(41-23-17-16-18-24-41,42-28-32-44(59-3)33-29-42)43-30-34-45(60-4)35-31-43;/h16-18,23-24,28-35,54H,5-15,19-22,25-27,36-40H2,1-4H3,(H,52,55)(H,57,58);/q;+1/p-1. The molecule has 1 saturated heterocycles. The van der Waals surface area contributed by atoms with Crippen molar-refractivity contribution in [1.82, 2.24) is 10.2 Å². The molecule has 0 radical (unpaired) electrons. The summed E-state index contributed by atoms with van der Waals surface area (Å²) in [5, 5.41) is 24.4. The van der Waals surface area contributed by atoms with Crippen molar-refractivity contribution in [2.45, 2.75) is 135 Å². The van der Waals surface area contributed by atoms with Crippen LogP contribution in [0.4, 0.5) is 0 Å². The van der Waals surface area contributed by atoms with Crippen LogP contribution in [0.1, 0.15) is 146 Å². The monoisotopic (exact) mass is 849 g/mol. The Balaban J connectivity index is 0.0000102. The Morgan fingerprint density at radius 3 is 1.55 bits per heavy atom. The predicted molar refractivity (Wildman–Crippen MR) is 239 cm³/mol. The number of hydrogen-bond donors (Lipinski definition) is 2. The maximum absolute atomic E-state index is 13.7. The average Bonchev–Trinajstić information content (AvgIpc) is 3.55. The van der Waals surface area contributed by atoms with Crippen molar-refractivity contribution in [3.05, 3.63) is 95.6 Å². The van der Waals surface area contributed by atoms with Crippen molar-refractivity contribution < 1.29 is 57.7 Å². The number of aliphatic hydroxyl groups is 1. The fourth-order valence-electron chi connectivity index (χ4n) is 8.63. The molecule has 1 aliphatic rings. The van der Waals surface area contributed by atoms with E-state index < -0.39 is 22.4 Å². The van der Waals surface area contributed by atoms with Gasteiger partial charge in [0, 0.05) is 49.3 Å². The zero-order chi connectivity index (χ0) is 44.0. The summed E-state index contributed by atoms with van der Waals surface area (Å²) in [6, 6.07) is 26.1. The van der Waals surface area contributed by atoms with E-state index in [9.17, 15) is 24.6 Å². The quantitative estimate of drug-likeness (QED) is 0.0492. The van der Waals surface area contributed by atoms with Crippen molar-refractivity contribution in [1.29, 1.82) is 0 Å². The van der Waals surface area contributed by atoms with Crippen LogP contribution in [-0.4, -0.2) is 74.9 Å². The molecule has 0 bridgehead atoms. The van der Waals surface area contributed by atoms with E-state index in [0.29, 0.717) is 39.0 Å². The third-order valence-electron chi connectivity index (χ3n) is 12.9. The average molecular weight is 849 g/mol. The number of carbonyl (C=O) groups is 3. The molecule has 336 valence electrons. The molecule has 62 heavy (non-hydrogen) atoms. The topological polar surface area (TPSA) is 137 Å². The number of aliphatic carboxylic acids is 1. The first kappa shape index (κ1) is 52.5. The number of hydrogen-bond acceptors (Lipinski definition) is 8. The molecule has 2 N–H and O–H groups in total. The van der Waals surface area contributed by atoms with Crippen molar-refractivity contribution in [3.63, 3.8) is 0 Å². The largest absolute Gasteiger partial charge is 1.00 e. The molecule has 2 atom stereocenters. The first-order valence-electron chi connectivity index (χ1n) is 22.8. The van der Waals surface area contributed by atoms with E-state index in [-0.39, 0.29) is 43.7 Å². The van der Waals surface area contributed by atoms with Crippen LogP contribution < -0.4 is 38.8 Å². The number of likely N-dealkylation sites (tertiary alicyclic amines) is 1. The Hall–Kier alpha value is -3.81. The molecule has 1 heterocycles. The zero-order valence-corrected chi connectivity index (χ0v) is 38.5. The molecule has 0 spiro atoms. The van der Waals surface area contributed by atoms with Gasteiger partial charge in [-0.15, -0.1) is 0 Å². The maximum Gasteiger partial charge on any atom is 1.00 e. The molecule has 2 amide bonds. The van der Waals surface area contributed by atoms with E-state index in [4.69, 9.17) is 14.2 Å². The first-order chi connectivity index (χ1) is 29.5. The summed E-state index contributed by atoms with van der Waals surface area (Å²) in [5.74, 6) is 0.782. The number of nitrogens with zero attached hydrogens (tertiary/aromatic N) is 1. The summed E-state index contributed by atoms with van der Waals surface area (Å²) in [7, 11) is 3.31. The van der Waals surface area contributed by atoms with Gasteiger partial charge in [-0.3, -0.25) is 9.59 Å². The summed E-state index contributed by atoms with van der Waals surface area (Å²) < 4.78 is 18.3. The molecule has 2 unspecified atom stereocenters. The van der Waals surface area contributed by atoms with E-state index in [2.05, 4.69) is 31.3 Å². The van der Waals surface area contributed by atoms with E-state index >= 15 is 0 Å². The Morgan fingerprint density at radius 2 is 1.06 bits per heavy atom. The third kappa shape index (κ3) is 15.5. The van der Waals surface area contributed by atoms with Gasteiger partial charge < -0.3 is 39.4 Å². The Labute approximate surface area is 384 Å². The molecule has 1 aliphatic heterocycles. The molecular weight excluding hydrogens is 776 g/mol. The van der Waals surface area contributed by atoms with Gasteiger partial charge in [0.05, 0.1) is 27.4 Å². The number of nitrogens with one attached hydrogen (secondary N) is 1. The summed E-state index contributed by atoms with van der Waals surface area (Å²) in [5.41, 5.74) is 0.690. The number of rotatable bonds is 30. The van der Waals surface area contributed by atoms with Crippen LogP contribution in [0, 0.1) is 10.8 Å². The van der Waals surface area contributed by atoms with E-state index in [1.54, 1.807) is 14.2 Å². The number of carboxylic acids is 1. The number of unbranched alkanes of at least 4 members (excludes halogenated alkanes) is 13. The van der Waals surface area contributed by atoms with Crippen LogP contribution >= 0.6 is 0 Å². The molecule has 0 aliphatic carbocycles. The van der Waals surface area contributed by atoms with Gasteiger partial charge >= 0.3 is 18.9 Å². The Kier molecular flexibility index (Phi) is 23.2. The minimum Gasteiger partial charge on any atom is -0.550 e. The normalized spacial score (nSPS) is 17.3. The second-order valence-electron chi connectivity index (χ2n) is 17.6. The van der Waals surface area contributed by atoms with Crippen molar-refractivity contribution in [2.24, 2.45) is 10.8 Å². The van der Waals surface area contributed by atoms with Gasteiger partial charge in [-0.25, -0.2) is 0 Å². The number of benzene rings is 3. The molecule has 11 heteroatoms. The molecule has 1 fully saturated rings. The predicted octanol–water partition coefficient (Wildman–Crippen LogP) is 5.75. The number of methoxy groups -OCH3 is 2. The van der Waals surface area contributed by atoms with Gasteiger partial charge in [-0.1, -0.05) is 139 Å². The number of aliphatic hydroxyl groups excluding tert-OH is 1. The van der Waals surface area contributed by atoms with E-state index in [0.717, 1.165) is 105 Å². The van der Waals surface area contributed by atoms with Gasteiger partial charge in [-0.05, 0) is 73.1 Å². The van der Waals surface area contributed by atoms with Gasteiger partial charge in [-0.2, -0.15) is 0 Å². The van der Waals surface area contributed by atoms with Gasteiger partial charge in [0.1, 0.15) is 17.1 Å². The molecule has 3 aromatic carbocycles. The molecule has 4 rings (SSSR count). The van der Waals surface area contributed by atoms with Gasteiger partial charge in [0.15, 0.2) is 0 Å². The second-order valence-corrected chi connectivity index (χ2v) is 17.6. The molecule has 10 nitrogen and oxygen atoms in total. The Bertz CT molecular complexity index is 1690.